The zero-order valence-electron chi connectivity index (χ0n) is 9.24. The Kier molecular flexibility index (Phi) is 5.20. The fourth-order valence-electron chi connectivity index (χ4n) is 0.940. The number of allylic oxidation sites excluding steroid dienone is 4. The van der Waals surface area contributed by atoms with Gasteiger partial charge in [-0.1, -0.05) is 12.2 Å². The van der Waals surface area contributed by atoms with E-state index in [0.29, 0.717) is 0 Å². The van der Waals surface area contributed by atoms with Crippen LogP contribution in [-0.2, 0) is 4.74 Å². The van der Waals surface area contributed by atoms with Crippen LogP contribution in [0.4, 0.5) is 0 Å². The van der Waals surface area contributed by atoms with Crippen LogP contribution in [0.2, 0.25) is 0 Å². The highest BCUT2D eigenvalue weighted by Gasteiger charge is 2.01. The molecule has 0 heterocycles. The van der Waals surface area contributed by atoms with Crippen LogP contribution < -0.4 is 0 Å². The molecule has 0 rings (SSSR count). The standard InChI is InChI=1S/C12H20O/c1-9(2)7-8-12(10(3)4)13-11(5)6/h1,5,7-8H2,2-4,6H3. The molecule has 1 heteroatoms. The van der Waals surface area contributed by atoms with Gasteiger partial charge in [0, 0.05) is 6.42 Å². The predicted molar refractivity (Wildman–Crippen MR) is 58.3 cm³/mol. The maximum absolute atomic E-state index is 5.51. The van der Waals surface area contributed by atoms with Crippen molar-refractivity contribution in [3.05, 3.63) is 35.8 Å². The van der Waals surface area contributed by atoms with Gasteiger partial charge in [0.25, 0.3) is 0 Å². The van der Waals surface area contributed by atoms with E-state index in [1.165, 1.54) is 11.1 Å². The van der Waals surface area contributed by atoms with Gasteiger partial charge in [-0.2, -0.15) is 0 Å². The minimum atomic E-state index is 0.748. The first-order chi connectivity index (χ1) is 5.93. The first kappa shape index (κ1) is 12.0. The highest BCUT2D eigenvalue weighted by Crippen LogP contribution is 2.17. The molecule has 0 aromatic heterocycles. The van der Waals surface area contributed by atoms with E-state index in [4.69, 9.17) is 4.74 Å². The molecule has 0 saturated carbocycles. The van der Waals surface area contributed by atoms with E-state index in [9.17, 15) is 0 Å². The molecule has 0 saturated heterocycles. The second-order valence-electron chi connectivity index (χ2n) is 3.68. The Hall–Kier alpha value is -0.980. The molecule has 0 radical (unpaired) electrons. The summed E-state index contributed by atoms with van der Waals surface area (Å²) in [5, 5.41) is 0. The number of hydrogen-bond donors (Lipinski definition) is 0. The zero-order chi connectivity index (χ0) is 10.4. The Bertz CT molecular complexity index is 230. The molecule has 0 aromatic carbocycles. The summed E-state index contributed by atoms with van der Waals surface area (Å²) in [6.45, 7) is 15.6. The topological polar surface area (TPSA) is 9.23 Å². The van der Waals surface area contributed by atoms with E-state index in [1.807, 2.05) is 13.8 Å². The Labute approximate surface area is 81.8 Å². The lowest BCUT2D eigenvalue weighted by atomic mass is 10.1. The minimum absolute atomic E-state index is 0.748. The molecule has 0 aromatic rings. The molecular weight excluding hydrogens is 160 g/mol. The van der Waals surface area contributed by atoms with Crippen LogP contribution in [0, 0.1) is 0 Å². The number of rotatable bonds is 5. The SMILES string of the molecule is C=C(C)CCC(OC(=C)C)=C(C)C. The molecule has 0 bridgehead atoms. The first-order valence-corrected chi connectivity index (χ1v) is 4.57. The van der Waals surface area contributed by atoms with Crippen LogP contribution in [0.1, 0.15) is 40.5 Å². The second kappa shape index (κ2) is 5.63. The van der Waals surface area contributed by atoms with Crippen LogP contribution in [0.3, 0.4) is 0 Å². The molecule has 0 amide bonds. The number of ether oxygens (including phenoxy) is 1. The molecule has 0 fully saturated rings. The molecule has 74 valence electrons. The summed E-state index contributed by atoms with van der Waals surface area (Å²) in [6, 6.07) is 0. The van der Waals surface area contributed by atoms with Gasteiger partial charge in [0.1, 0.15) is 5.76 Å². The molecule has 0 unspecified atom stereocenters. The number of hydrogen-bond acceptors (Lipinski definition) is 1. The van der Waals surface area contributed by atoms with Crippen molar-refractivity contribution in [3.63, 3.8) is 0 Å². The van der Waals surface area contributed by atoms with Gasteiger partial charge in [0.2, 0.25) is 0 Å². The summed E-state index contributed by atoms with van der Waals surface area (Å²) in [5.41, 5.74) is 2.40. The van der Waals surface area contributed by atoms with Crippen LogP contribution in [0.5, 0.6) is 0 Å². The first-order valence-electron chi connectivity index (χ1n) is 4.57. The minimum Gasteiger partial charge on any atom is -0.467 e. The quantitative estimate of drug-likeness (QED) is 0.455. The average Bonchev–Trinajstić information content (AvgIpc) is 1.96. The van der Waals surface area contributed by atoms with E-state index in [0.717, 1.165) is 24.4 Å². The maximum atomic E-state index is 5.51. The molecule has 0 aliphatic heterocycles. The van der Waals surface area contributed by atoms with Gasteiger partial charge in [0.05, 0.1) is 5.76 Å². The summed E-state index contributed by atoms with van der Waals surface area (Å²) < 4.78 is 5.51. The molecule has 1 nitrogen and oxygen atoms in total. The van der Waals surface area contributed by atoms with Crippen molar-refractivity contribution in [1.82, 2.24) is 0 Å². The van der Waals surface area contributed by atoms with E-state index in [1.54, 1.807) is 0 Å². The molecule has 0 aliphatic rings. The summed E-state index contributed by atoms with van der Waals surface area (Å²) in [4.78, 5) is 0. The molecule has 13 heavy (non-hydrogen) atoms. The summed E-state index contributed by atoms with van der Waals surface area (Å²) in [5.74, 6) is 1.77. The predicted octanol–water partition coefficient (Wildman–Crippen LogP) is 4.19. The summed E-state index contributed by atoms with van der Waals surface area (Å²) >= 11 is 0. The summed E-state index contributed by atoms with van der Waals surface area (Å²) in [7, 11) is 0. The third-order valence-corrected chi connectivity index (χ3v) is 1.63. The molecule has 0 N–H and O–H groups in total. The van der Waals surface area contributed by atoms with Crippen LogP contribution in [0.25, 0.3) is 0 Å². The lowest BCUT2D eigenvalue weighted by Gasteiger charge is -2.11. The van der Waals surface area contributed by atoms with Crippen molar-refractivity contribution in [2.45, 2.75) is 40.5 Å². The average molecular weight is 180 g/mol. The lowest BCUT2D eigenvalue weighted by molar-refractivity contribution is 0.289. The highest BCUT2D eigenvalue weighted by atomic mass is 16.5. The normalized spacial score (nSPS) is 9.23. The van der Waals surface area contributed by atoms with Gasteiger partial charge in [-0.3, -0.25) is 0 Å². The fraction of sp³-hybridized carbons (Fsp3) is 0.500. The van der Waals surface area contributed by atoms with E-state index < -0.39 is 0 Å². The van der Waals surface area contributed by atoms with Gasteiger partial charge >= 0.3 is 0 Å². The van der Waals surface area contributed by atoms with Gasteiger partial charge in [0.15, 0.2) is 0 Å². The van der Waals surface area contributed by atoms with E-state index >= 15 is 0 Å². The third-order valence-electron chi connectivity index (χ3n) is 1.63. The van der Waals surface area contributed by atoms with Gasteiger partial charge in [-0.25, -0.2) is 0 Å². The summed E-state index contributed by atoms with van der Waals surface area (Å²) in [6.07, 6.45) is 1.90. The van der Waals surface area contributed by atoms with Gasteiger partial charge in [-0.15, -0.1) is 6.58 Å². The maximum Gasteiger partial charge on any atom is 0.102 e. The van der Waals surface area contributed by atoms with Gasteiger partial charge in [-0.05, 0) is 39.7 Å². The van der Waals surface area contributed by atoms with E-state index in [-0.39, 0.29) is 0 Å². The Morgan fingerprint density at radius 1 is 1.00 bits per heavy atom. The van der Waals surface area contributed by atoms with Crippen molar-refractivity contribution >= 4 is 0 Å². The molecule has 0 atom stereocenters. The lowest BCUT2D eigenvalue weighted by Crippen LogP contribution is -1.93. The Morgan fingerprint density at radius 2 is 1.54 bits per heavy atom. The van der Waals surface area contributed by atoms with Crippen LogP contribution >= 0.6 is 0 Å². The van der Waals surface area contributed by atoms with Crippen molar-refractivity contribution in [2.24, 2.45) is 0 Å². The Balaban J connectivity index is 4.21. The van der Waals surface area contributed by atoms with Crippen LogP contribution in [-0.4, -0.2) is 0 Å². The monoisotopic (exact) mass is 180 g/mol. The fourth-order valence-corrected chi connectivity index (χ4v) is 0.940. The second-order valence-corrected chi connectivity index (χ2v) is 3.68. The largest absolute Gasteiger partial charge is 0.467 e. The van der Waals surface area contributed by atoms with Crippen LogP contribution in [0.15, 0.2) is 35.8 Å². The smallest absolute Gasteiger partial charge is 0.102 e. The zero-order valence-corrected chi connectivity index (χ0v) is 9.24. The van der Waals surface area contributed by atoms with Crippen molar-refractivity contribution in [3.8, 4) is 0 Å². The van der Waals surface area contributed by atoms with E-state index in [2.05, 4.69) is 27.0 Å². The van der Waals surface area contributed by atoms with Gasteiger partial charge < -0.3 is 4.74 Å². The van der Waals surface area contributed by atoms with Crippen molar-refractivity contribution in [1.29, 1.82) is 0 Å². The third kappa shape index (κ3) is 6.21. The van der Waals surface area contributed by atoms with Crippen molar-refractivity contribution in [2.75, 3.05) is 0 Å². The molecule has 0 aliphatic carbocycles. The van der Waals surface area contributed by atoms with Crippen molar-refractivity contribution < 1.29 is 4.74 Å². The molecule has 0 spiro atoms. The Morgan fingerprint density at radius 3 is 1.85 bits per heavy atom. The highest BCUT2D eigenvalue weighted by molar-refractivity contribution is 5.07. The molecular formula is C12H20O.